The van der Waals surface area contributed by atoms with Crippen molar-refractivity contribution in [2.75, 3.05) is 6.61 Å². The number of hydrogen-bond donors (Lipinski definition) is 2. The topological polar surface area (TPSA) is 46.2 Å². The standard InChI is InChI=1S/C10H15NOS/c1-7-5-8-3-2-4-10(11,6-12)9(8)13-7/h5,12H,2-4,6,11H2,1H3. The normalized spacial score (nSPS) is 27.3. The first-order valence-electron chi connectivity index (χ1n) is 4.65. The van der Waals surface area contributed by atoms with Gasteiger partial charge < -0.3 is 10.8 Å². The Bertz CT molecular complexity index is 321. The van der Waals surface area contributed by atoms with Gasteiger partial charge in [0.15, 0.2) is 0 Å². The number of nitrogens with two attached hydrogens (primary N) is 1. The molecule has 0 fully saturated rings. The molecule has 0 aliphatic heterocycles. The van der Waals surface area contributed by atoms with E-state index in [1.165, 1.54) is 15.3 Å². The highest BCUT2D eigenvalue weighted by Crippen LogP contribution is 2.38. The highest BCUT2D eigenvalue weighted by Gasteiger charge is 2.33. The van der Waals surface area contributed by atoms with Crippen LogP contribution in [0.1, 0.15) is 28.2 Å². The predicted molar refractivity (Wildman–Crippen MR) is 54.9 cm³/mol. The van der Waals surface area contributed by atoms with E-state index in [2.05, 4.69) is 13.0 Å². The molecule has 1 heterocycles. The molecular formula is C10H15NOS. The van der Waals surface area contributed by atoms with Gasteiger partial charge in [0.05, 0.1) is 12.1 Å². The van der Waals surface area contributed by atoms with E-state index in [-0.39, 0.29) is 6.61 Å². The molecule has 1 aromatic heterocycles. The van der Waals surface area contributed by atoms with Crippen molar-refractivity contribution in [3.05, 3.63) is 21.4 Å². The maximum atomic E-state index is 9.29. The minimum atomic E-state index is -0.452. The summed E-state index contributed by atoms with van der Waals surface area (Å²) >= 11 is 1.74. The summed E-state index contributed by atoms with van der Waals surface area (Å²) in [5, 5.41) is 9.29. The summed E-state index contributed by atoms with van der Waals surface area (Å²) in [6, 6.07) is 2.20. The summed E-state index contributed by atoms with van der Waals surface area (Å²) in [6.07, 6.45) is 3.13. The Morgan fingerprint density at radius 3 is 3.15 bits per heavy atom. The first kappa shape index (κ1) is 9.19. The van der Waals surface area contributed by atoms with Gasteiger partial charge in [-0.1, -0.05) is 0 Å². The van der Waals surface area contributed by atoms with Crippen LogP contribution in [-0.4, -0.2) is 11.7 Å². The fraction of sp³-hybridized carbons (Fsp3) is 0.600. The highest BCUT2D eigenvalue weighted by molar-refractivity contribution is 7.12. The number of aliphatic hydroxyl groups excluding tert-OH is 1. The zero-order chi connectivity index (χ0) is 9.47. The summed E-state index contributed by atoms with van der Waals surface area (Å²) in [7, 11) is 0. The van der Waals surface area contributed by atoms with Crippen LogP contribution in [-0.2, 0) is 12.0 Å². The van der Waals surface area contributed by atoms with Crippen LogP contribution in [0, 0.1) is 6.92 Å². The van der Waals surface area contributed by atoms with E-state index >= 15 is 0 Å². The Labute approximate surface area is 82.4 Å². The molecule has 1 aliphatic rings. The first-order chi connectivity index (χ1) is 6.15. The van der Waals surface area contributed by atoms with E-state index in [0.717, 1.165) is 19.3 Å². The summed E-state index contributed by atoms with van der Waals surface area (Å²) in [4.78, 5) is 2.51. The molecule has 0 saturated heterocycles. The van der Waals surface area contributed by atoms with E-state index in [1.54, 1.807) is 11.3 Å². The second-order valence-electron chi connectivity index (χ2n) is 3.88. The van der Waals surface area contributed by atoms with E-state index in [9.17, 15) is 5.11 Å². The van der Waals surface area contributed by atoms with Gasteiger partial charge in [-0.05, 0) is 37.8 Å². The highest BCUT2D eigenvalue weighted by atomic mass is 32.1. The third-order valence-electron chi connectivity index (χ3n) is 2.74. The largest absolute Gasteiger partial charge is 0.394 e. The minimum absolute atomic E-state index is 0.0694. The smallest absolute Gasteiger partial charge is 0.0740 e. The van der Waals surface area contributed by atoms with Crippen LogP contribution in [0.5, 0.6) is 0 Å². The lowest BCUT2D eigenvalue weighted by molar-refractivity contribution is 0.182. The molecule has 0 saturated carbocycles. The van der Waals surface area contributed by atoms with Crippen molar-refractivity contribution >= 4 is 11.3 Å². The molecule has 1 aliphatic carbocycles. The zero-order valence-electron chi connectivity index (χ0n) is 7.84. The van der Waals surface area contributed by atoms with Crippen LogP contribution in [0.4, 0.5) is 0 Å². The van der Waals surface area contributed by atoms with Gasteiger partial charge in [-0.2, -0.15) is 0 Å². The van der Waals surface area contributed by atoms with E-state index in [4.69, 9.17) is 5.73 Å². The summed E-state index contributed by atoms with van der Waals surface area (Å²) in [6.45, 7) is 2.17. The molecule has 0 spiro atoms. The lowest BCUT2D eigenvalue weighted by Gasteiger charge is -2.31. The molecule has 0 aromatic carbocycles. The molecule has 0 radical (unpaired) electrons. The van der Waals surface area contributed by atoms with Gasteiger partial charge in [0.2, 0.25) is 0 Å². The second-order valence-corrected chi connectivity index (χ2v) is 5.14. The maximum absolute atomic E-state index is 9.29. The molecule has 3 N–H and O–H groups in total. The molecule has 1 aromatic rings. The van der Waals surface area contributed by atoms with Crippen LogP contribution in [0.25, 0.3) is 0 Å². The fourth-order valence-electron chi connectivity index (χ4n) is 2.03. The Morgan fingerprint density at radius 1 is 1.69 bits per heavy atom. The lowest BCUT2D eigenvalue weighted by atomic mass is 9.84. The van der Waals surface area contributed by atoms with Crippen molar-refractivity contribution in [2.45, 2.75) is 31.7 Å². The molecular weight excluding hydrogens is 182 g/mol. The average Bonchev–Trinajstić information content (AvgIpc) is 2.48. The monoisotopic (exact) mass is 197 g/mol. The Balaban J connectivity index is 2.47. The molecule has 13 heavy (non-hydrogen) atoms. The van der Waals surface area contributed by atoms with Gasteiger partial charge in [-0.25, -0.2) is 0 Å². The van der Waals surface area contributed by atoms with Crippen molar-refractivity contribution in [1.29, 1.82) is 0 Å². The SMILES string of the molecule is Cc1cc2c(s1)C(N)(CO)CCC2. The molecule has 2 rings (SSSR count). The summed E-state index contributed by atoms with van der Waals surface area (Å²) < 4.78 is 0. The van der Waals surface area contributed by atoms with Crippen molar-refractivity contribution in [1.82, 2.24) is 0 Å². The average molecular weight is 197 g/mol. The fourth-order valence-corrected chi connectivity index (χ4v) is 3.22. The van der Waals surface area contributed by atoms with Crippen LogP contribution >= 0.6 is 11.3 Å². The number of rotatable bonds is 1. The molecule has 72 valence electrons. The third-order valence-corrected chi connectivity index (χ3v) is 4.05. The van der Waals surface area contributed by atoms with Crippen LogP contribution in [0.3, 0.4) is 0 Å². The van der Waals surface area contributed by atoms with Crippen molar-refractivity contribution < 1.29 is 5.11 Å². The molecule has 1 unspecified atom stereocenters. The number of fused-ring (bicyclic) bond motifs is 1. The van der Waals surface area contributed by atoms with Gasteiger partial charge in [-0.3, -0.25) is 0 Å². The number of thiophene rings is 1. The van der Waals surface area contributed by atoms with Crippen LogP contribution < -0.4 is 5.73 Å². The predicted octanol–water partition coefficient (Wildman–Crippen LogP) is 1.54. The lowest BCUT2D eigenvalue weighted by Crippen LogP contribution is -2.42. The third kappa shape index (κ3) is 1.41. The van der Waals surface area contributed by atoms with Crippen molar-refractivity contribution in [2.24, 2.45) is 5.73 Å². The quantitative estimate of drug-likeness (QED) is 0.717. The molecule has 2 nitrogen and oxygen atoms in total. The Morgan fingerprint density at radius 2 is 2.46 bits per heavy atom. The van der Waals surface area contributed by atoms with E-state index in [0.29, 0.717) is 0 Å². The molecule has 0 amide bonds. The van der Waals surface area contributed by atoms with Crippen molar-refractivity contribution in [3.8, 4) is 0 Å². The number of aliphatic hydroxyl groups is 1. The van der Waals surface area contributed by atoms with Crippen LogP contribution in [0.15, 0.2) is 6.07 Å². The number of hydrogen-bond acceptors (Lipinski definition) is 3. The number of aryl methyl sites for hydroxylation is 2. The van der Waals surface area contributed by atoms with Gasteiger partial charge in [0.25, 0.3) is 0 Å². The second kappa shape index (κ2) is 3.08. The Kier molecular flexibility index (Phi) is 2.18. The van der Waals surface area contributed by atoms with E-state index in [1.807, 2.05) is 0 Å². The summed E-state index contributed by atoms with van der Waals surface area (Å²) in [5.74, 6) is 0. The molecule has 0 bridgehead atoms. The van der Waals surface area contributed by atoms with Gasteiger partial charge in [-0.15, -0.1) is 11.3 Å². The minimum Gasteiger partial charge on any atom is -0.394 e. The van der Waals surface area contributed by atoms with E-state index < -0.39 is 5.54 Å². The molecule has 1 atom stereocenters. The maximum Gasteiger partial charge on any atom is 0.0740 e. The van der Waals surface area contributed by atoms with Gasteiger partial charge >= 0.3 is 0 Å². The Hall–Kier alpha value is -0.380. The summed E-state index contributed by atoms with van der Waals surface area (Å²) in [5.41, 5.74) is 7.04. The zero-order valence-corrected chi connectivity index (χ0v) is 8.66. The van der Waals surface area contributed by atoms with Crippen molar-refractivity contribution in [3.63, 3.8) is 0 Å². The molecule has 3 heteroatoms. The van der Waals surface area contributed by atoms with Gasteiger partial charge in [0.1, 0.15) is 0 Å². The van der Waals surface area contributed by atoms with Crippen LogP contribution in [0.2, 0.25) is 0 Å². The van der Waals surface area contributed by atoms with Gasteiger partial charge in [0, 0.05) is 9.75 Å². The first-order valence-corrected chi connectivity index (χ1v) is 5.47.